The van der Waals surface area contributed by atoms with E-state index < -0.39 is 0 Å². The van der Waals surface area contributed by atoms with Gasteiger partial charge in [-0.1, -0.05) is 29.8 Å². The van der Waals surface area contributed by atoms with Crippen molar-refractivity contribution in [1.29, 1.82) is 5.26 Å². The second-order valence-electron chi connectivity index (χ2n) is 5.87. The first-order chi connectivity index (χ1) is 11.9. The molecule has 0 aliphatic heterocycles. The summed E-state index contributed by atoms with van der Waals surface area (Å²) >= 11 is 3.19. The van der Waals surface area contributed by atoms with Crippen LogP contribution in [-0.2, 0) is 0 Å². The number of nitrogen functional groups attached to an aromatic ring is 1. The van der Waals surface area contributed by atoms with Gasteiger partial charge in [-0.25, -0.2) is 9.37 Å². The van der Waals surface area contributed by atoms with Crippen LogP contribution in [0.15, 0.2) is 46.9 Å². The summed E-state index contributed by atoms with van der Waals surface area (Å²) in [5.74, 6) is -0.200. The second kappa shape index (κ2) is 6.66. The van der Waals surface area contributed by atoms with Gasteiger partial charge < -0.3 is 5.73 Å². The predicted molar refractivity (Wildman–Crippen MR) is 101 cm³/mol. The molecule has 0 atom stereocenters. The molecule has 3 rings (SSSR count). The van der Waals surface area contributed by atoms with E-state index in [0.717, 1.165) is 16.7 Å². The fourth-order valence-corrected chi connectivity index (χ4v) is 3.19. The molecule has 0 saturated heterocycles. The van der Waals surface area contributed by atoms with Gasteiger partial charge in [-0.05, 0) is 59.1 Å². The lowest BCUT2D eigenvalue weighted by molar-refractivity contribution is 0.621. The Hall–Kier alpha value is -2.71. The Morgan fingerprint density at radius 3 is 2.48 bits per heavy atom. The molecule has 0 spiro atoms. The largest absolute Gasteiger partial charge is 0.383 e. The molecule has 2 aromatic carbocycles. The van der Waals surface area contributed by atoms with Gasteiger partial charge in [-0.3, -0.25) is 0 Å². The van der Waals surface area contributed by atoms with Crippen LogP contribution in [0.4, 0.5) is 10.2 Å². The zero-order valence-electron chi connectivity index (χ0n) is 13.8. The minimum atomic E-state index is -0.362. The average Bonchev–Trinajstić information content (AvgIpc) is 2.56. The summed E-state index contributed by atoms with van der Waals surface area (Å²) in [6, 6.07) is 14.6. The summed E-state index contributed by atoms with van der Waals surface area (Å²) in [4.78, 5) is 4.40. The standard InChI is InChI=1S/C20H15BrFN3/c1-11-3-5-14(12(2)7-11)19-9-15(16(10-23)20(24)25-19)13-4-6-18(22)17(21)8-13/h3-9H,1-2H3,(H2,24,25). The highest BCUT2D eigenvalue weighted by Gasteiger charge is 2.15. The van der Waals surface area contributed by atoms with Gasteiger partial charge in [0, 0.05) is 11.1 Å². The van der Waals surface area contributed by atoms with Crippen LogP contribution < -0.4 is 5.73 Å². The third kappa shape index (κ3) is 3.26. The van der Waals surface area contributed by atoms with Crippen molar-refractivity contribution < 1.29 is 4.39 Å². The minimum Gasteiger partial charge on any atom is -0.383 e. The summed E-state index contributed by atoms with van der Waals surface area (Å²) in [5.41, 5.74) is 11.5. The number of nitrogens with zero attached hydrogens (tertiary/aromatic N) is 2. The maximum atomic E-state index is 13.6. The average molecular weight is 396 g/mol. The van der Waals surface area contributed by atoms with Crippen LogP contribution in [0.25, 0.3) is 22.4 Å². The molecule has 25 heavy (non-hydrogen) atoms. The Kier molecular flexibility index (Phi) is 4.56. The number of hydrogen-bond donors (Lipinski definition) is 1. The van der Waals surface area contributed by atoms with Gasteiger partial charge in [0.25, 0.3) is 0 Å². The molecule has 3 nitrogen and oxygen atoms in total. The molecule has 0 aliphatic carbocycles. The first-order valence-electron chi connectivity index (χ1n) is 7.64. The van der Waals surface area contributed by atoms with E-state index in [0.29, 0.717) is 21.3 Å². The molecule has 0 unspecified atom stereocenters. The van der Waals surface area contributed by atoms with Crippen LogP contribution in [0, 0.1) is 31.0 Å². The van der Waals surface area contributed by atoms with Gasteiger partial charge in [-0.15, -0.1) is 0 Å². The van der Waals surface area contributed by atoms with E-state index in [9.17, 15) is 9.65 Å². The molecule has 1 aromatic heterocycles. The summed E-state index contributed by atoms with van der Waals surface area (Å²) in [6.45, 7) is 4.03. The van der Waals surface area contributed by atoms with Gasteiger partial charge in [0.15, 0.2) is 0 Å². The fraction of sp³-hybridized carbons (Fsp3) is 0.100. The molecular weight excluding hydrogens is 381 g/mol. The van der Waals surface area contributed by atoms with Crippen molar-refractivity contribution in [2.75, 3.05) is 5.73 Å². The van der Waals surface area contributed by atoms with Crippen molar-refractivity contribution >= 4 is 21.7 Å². The van der Waals surface area contributed by atoms with Gasteiger partial charge in [0.2, 0.25) is 0 Å². The monoisotopic (exact) mass is 395 g/mol. The van der Waals surface area contributed by atoms with E-state index in [1.54, 1.807) is 12.1 Å². The number of aromatic nitrogens is 1. The number of benzene rings is 2. The zero-order chi connectivity index (χ0) is 18.1. The lowest BCUT2D eigenvalue weighted by Gasteiger charge is -2.12. The summed E-state index contributed by atoms with van der Waals surface area (Å²) in [7, 11) is 0. The molecule has 2 N–H and O–H groups in total. The highest BCUT2D eigenvalue weighted by atomic mass is 79.9. The number of halogens is 2. The van der Waals surface area contributed by atoms with E-state index >= 15 is 0 Å². The third-order valence-electron chi connectivity index (χ3n) is 4.05. The Morgan fingerprint density at radius 2 is 1.84 bits per heavy atom. The van der Waals surface area contributed by atoms with Crippen molar-refractivity contribution in [3.63, 3.8) is 0 Å². The number of anilines is 1. The van der Waals surface area contributed by atoms with Crippen LogP contribution in [0.2, 0.25) is 0 Å². The molecular formula is C20H15BrFN3. The molecule has 5 heteroatoms. The fourth-order valence-electron chi connectivity index (χ4n) is 2.81. The van der Waals surface area contributed by atoms with Crippen LogP contribution in [-0.4, -0.2) is 4.98 Å². The van der Waals surface area contributed by atoms with Crippen molar-refractivity contribution in [1.82, 2.24) is 4.98 Å². The smallest absolute Gasteiger partial charge is 0.142 e. The lowest BCUT2D eigenvalue weighted by Crippen LogP contribution is -2.00. The first-order valence-corrected chi connectivity index (χ1v) is 8.43. The maximum absolute atomic E-state index is 13.6. The van der Waals surface area contributed by atoms with E-state index in [1.807, 2.05) is 32.0 Å². The zero-order valence-corrected chi connectivity index (χ0v) is 15.4. The van der Waals surface area contributed by atoms with Crippen LogP contribution in [0.3, 0.4) is 0 Å². The van der Waals surface area contributed by atoms with Gasteiger partial charge in [-0.2, -0.15) is 5.26 Å². The van der Waals surface area contributed by atoms with Crippen molar-refractivity contribution in [2.24, 2.45) is 0 Å². The third-order valence-corrected chi connectivity index (χ3v) is 4.66. The Morgan fingerprint density at radius 1 is 1.08 bits per heavy atom. The van der Waals surface area contributed by atoms with E-state index in [2.05, 4.69) is 33.0 Å². The lowest BCUT2D eigenvalue weighted by atomic mass is 9.96. The molecule has 0 saturated carbocycles. The van der Waals surface area contributed by atoms with Crippen molar-refractivity contribution in [3.8, 4) is 28.5 Å². The minimum absolute atomic E-state index is 0.162. The quantitative estimate of drug-likeness (QED) is 0.632. The highest BCUT2D eigenvalue weighted by molar-refractivity contribution is 9.10. The molecule has 124 valence electrons. The van der Waals surface area contributed by atoms with Crippen LogP contribution >= 0.6 is 15.9 Å². The Bertz CT molecular complexity index is 1020. The number of rotatable bonds is 2. The normalized spacial score (nSPS) is 10.5. The molecule has 3 aromatic rings. The molecule has 0 radical (unpaired) electrons. The molecule has 0 bridgehead atoms. The molecule has 0 fully saturated rings. The van der Waals surface area contributed by atoms with E-state index in [1.165, 1.54) is 6.07 Å². The van der Waals surface area contributed by atoms with Crippen LogP contribution in [0.5, 0.6) is 0 Å². The van der Waals surface area contributed by atoms with Crippen molar-refractivity contribution in [3.05, 3.63) is 69.4 Å². The number of hydrogen-bond acceptors (Lipinski definition) is 3. The molecule has 0 amide bonds. The first kappa shape index (κ1) is 17.1. The second-order valence-corrected chi connectivity index (χ2v) is 6.73. The Labute approximate surface area is 154 Å². The topological polar surface area (TPSA) is 62.7 Å². The predicted octanol–water partition coefficient (Wildman–Crippen LogP) is 5.39. The van der Waals surface area contributed by atoms with Crippen LogP contribution in [0.1, 0.15) is 16.7 Å². The van der Waals surface area contributed by atoms with E-state index in [-0.39, 0.29) is 17.2 Å². The molecule has 0 aliphatic rings. The van der Waals surface area contributed by atoms with Gasteiger partial charge in [0.05, 0.1) is 10.2 Å². The summed E-state index contributed by atoms with van der Waals surface area (Å²) < 4.78 is 13.9. The number of nitrogens with two attached hydrogens (primary N) is 1. The van der Waals surface area contributed by atoms with E-state index in [4.69, 9.17) is 5.73 Å². The van der Waals surface area contributed by atoms with Gasteiger partial charge >= 0.3 is 0 Å². The molecule has 1 heterocycles. The number of aryl methyl sites for hydroxylation is 2. The van der Waals surface area contributed by atoms with Crippen molar-refractivity contribution in [2.45, 2.75) is 13.8 Å². The SMILES string of the molecule is Cc1ccc(-c2cc(-c3ccc(F)c(Br)c3)c(C#N)c(N)n2)c(C)c1. The Balaban J connectivity index is 2.26. The number of nitriles is 1. The number of pyridine rings is 1. The van der Waals surface area contributed by atoms with Gasteiger partial charge in [0.1, 0.15) is 23.3 Å². The highest BCUT2D eigenvalue weighted by Crippen LogP contribution is 2.34. The summed E-state index contributed by atoms with van der Waals surface area (Å²) in [6.07, 6.45) is 0. The maximum Gasteiger partial charge on any atom is 0.142 e. The summed E-state index contributed by atoms with van der Waals surface area (Å²) in [5, 5.41) is 9.48.